The van der Waals surface area contributed by atoms with Gasteiger partial charge in [-0.05, 0) is 12.5 Å². The van der Waals surface area contributed by atoms with E-state index in [4.69, 9.17) is 0 Å². The smallest absolute Gasteiger partial charge is 0.223 e. The quantitative estimate of drug-likeness (QED) is 0.586. The molecule has 0 radical (unpaired) electrons. The van der Waals surface area contributed by atoms with Gasteiger partial charge < -0.3 is 5.32 Å². The van der Waals surface area contributed by atoms with Crippen molar-refractivity contribution in [2.75, 3.05) is 5.32 Å². The van der Waals surface area contributed by atoms with Gasteiger partial charge in [-0.1, -0.05) is 30.3 Å². The minimum atomic E-state index is 0.559. The SMILES string of the molecule is Cc1cnc(NCc2cnc(-c3ccccc3)s2)nc1-c1ncnn1C. The van der Waals surface area contributed by atoms with Crippen LogP contribution in [0.3, 0.4) is 0 Å². The fraction of sp³-hybridized carbons (Fsp3) is 0.167. The summed E-state index contributed by atoms with van der Waals surface area (Å²) in [6.07, 6.45) is 5.20. The van der Waals surface area contributed by atoms with Crippen LogP contribution in [0.4, 0.5) is 5.95 Å². The van der Waals surface area contributed by atoms with E-state index < -0.39 is 0 Å². The first-order chi connectivity index (χ1) is 12.7. The molecule has 8 heteroatoms. The summed E-state index contributed by atoms with van der Waals surface area (Å²) in [5, 5.41) is 8.38. The van der Waals surface area contributed by atoms with E-state index in [1.165, 1.54) is 6.33 Å². The molecule has 0 saturated carbocycles. The monoisotopic (exact) mass is 363 g/mol. The maximum absolute atomic E-state index is 4.59. The molecule has 0 aliphatic heterocycles. The Balaban J connectivity index is 1.51. The summed E-state index contributed by atoms with van der Waals surface area (Å²) in [4.78, 5) is 18.8. The highest BCUT2D eigenvalue weighted by atomic mass is 32.1. The first-order valence-electron chi connectivity index (χ1n) is 8.13. The molecular weight excluding hydrogens is 346 g/mol. The van der Waals surface area contributed by atoms with Gasteiger partial charge in [-0.15, -0.1) is 11.3 Å². The molecule has 3 aromatic heterocycles. The van der Waals surface area contributed by atoms with E-state index >= 15 is 0 Å². The van der Waals surface area contributed by atoms with E-state index in [1.807, 2.05) is 38.4 Å². The number of aromatic nitrogens is 6. The number of nitrogens with zero attached hydrogens (tertiary/aromatic N) is 6. The average molecular weight is 363 g/mol. The van der Waals surface area contributed by atoms with Crippen molar-refractivity contribution < 1.29 is 0 Å². The lowest BCUT2D eigenvalue weighted by Gasteiger charge is -2.07. The Kier molecular flexibility index (Phi) is 4.40. The van der Waals surface area contributed by atoms with Crippen LogP contribution in [0.2, 0.25) is 0 Å². The molecule has 0 saturated heterocycles. The number of rotatable bonds is 5. The lowest BCUT2D eigenvalue weighted by Crippen LogP contribution is -2.06. The van der Waals surface area contributed by atoms with E-state index in [0.29, 0.717) is 12.5 Å². The third kappa shape index (κ3) is 3.31. The summed E-state index contributed by atoms with van der Waals surface area (Å²) < 4.78 is 1.70. The third-order valence-electron chi connectivity index (χ3n) is 3.89. The van der Waals surface area contributed by atoms with Crippen molar-refractivity contribution in [3.05, 3.63) is 59.5 Å². The topological polar surface area (TPSA) is 81.4 Å². The summed E-state index contributed by atoms with van der Waals surface area (Å²) in [5.41, 5.74) is 2.85. The van der Waals surface area contributed by atoms with Crippen LogP contribution in [0.25, 0.3) is 22.1 Å². The Hall–Kier alpha value is -3.13. The minimum absolute atomic E-state index is 0.559. The molecule has 0 atom stereocenters. The largest absolute Gasteiger partial charge is 0.349 e. The van der Waals surface area contributed by atoms with Gasteiger partial charge >= 0.3 is 0 Å². The lowest BCUT2D eigenvalue weighted by atomic mass is 10.2. The predicted molar refractivity (Wildman–Crippen MR) is 102 cm³/mol. The molecule has 0 unspecified atom stereocenters. The number of hydrogen-bond acceptors (Lipinski definition) is 7. The molecule has 0 fully saturated rings. The molecule has 0 amide bonds. The fourth-order valence-electron chi connectivity index (χ4n) is 2.53. The standard InChI is InChI=1S/C18H17N7S/c1-12-8-20-18(24-15(12)16-22-11-23-25(16)2)21-10-14-9-19-17(26-14)13-6-4-3-5-7-13/h3-9,11H,10H2,1-2H3,(H,20,21,24). The van der Waals surface area contributed by atoms with Gasteiger partial charge in [0.05, 0.1) is 6.54 Å². The van der Waals surface area contributed by atoms with Crippen molar-refractivity contribution in [2.45, 2.75) is 13.5 Å². The molecule has 0 bridgehead atoms. The van der Waals surface area contributed by atoms with Crippen molar-refractivity contribution in [1.29, 1.82) is 0 Å². The molecule has 130 valence electrons. The third-order valence-corrected chi connectivity index (χ3v) is 4.94. The van der Waals surface area contributed by atoms with Gasteiger partial charge in [0.1, 0.15) is 17.0 Å². The van der Waals surface area contributed by atoms with Crippen molar-refractivity contribution in [2.24, 2.45) is 7.05 Å². The van der Waals surface area contributed by atoms with E-state index in [0.717, 1.165) is 32.5 Å². The zero-order valence-electron chi connectivity index (χ0n) is 14.4. The van der Waals surface area contributed by atoms with E-state index in [9.17, 15) is 0 Å². The zero-order chi connectivity index (χ0) is 17.9. The van der Waals surface area contributed by atoms with E-state index in [1.54, 1.807) is 22.2 Å². The molecule has 4 rings (SSSR count). The first-order valence-corrected chi connectivity index (χ1v) is 8.94. The van der Waals surface area contributed by atoms with Crippen LogP contribution < -0.4 is 5.32 Å². The summed E-state index contributed by atoms with van der Waals surface area (Å²) in [5.74, 6) is 1.28. The van der Waals surface area contributed by atoms with E-state index in [-0.39, 0.29) is 0 Å². The number of aryl methyl sites for hydroxylation is 2. The summed E-state index contributed by atoms with van der Waals surface area (Å²) in [6, 6.07) is 10.2. The number of benzene rings is 1. The second-order valence-corrected chi connectivity index (χ2v) is 6.90. The second kappa shape index (κ2) is 7.01. The molecule has 0 aliphatic rings. The molecule has 4 aromatic rings. The fourth-order valence-corrected chi connectivity index (χ4v) is 3.39. The molecular formula is C18H17N7S. The average Bonchev–Trinajstić information content (AvgIpc) is 3.31. The normalized spacial score (nSPS) is 10.8. The number of hydrogen-bond donors (Lipinski definition) is 1. The van der Waals surface area contributed by atoms with Gasteiger partial charge in [-0.25, -0.2) is 24.6 Å². The zero-order valence-corrected chi connectivity index (χ0v) is 15.2. The van der Waals surface area contributed by atoms with Gasteiger partial charge in [0.15, 0.2) is 5.82 Å². The Bertz CT molecular complexity index is 1020. The van der Waals surface area contributed by atoms with Crippen LogP contribution in [-0.4, -0.2) is 29.7 Å². The highest BCUT2D eigenvalue weighted by molar-refractivity contribution is 7.15. The maximum atomic E-state index is 4.59. The van der Waals surface area contributed by atoms with Gasteiger partial charge in [0, 0.05) is 29.9 Å². The highest BCUT2D eigenvalue weighted by Crippen LogP contribution is 2.25. The Morgan fingerprint density at radius 1 is 1.08 bits per heavy atom. The van der Waals surface area contributed by atoms with Crippen LogP contribution in [0.15, 0.2) is 49.1 Å². The molecule has 7 nitrogen and oxygen atoms in total. The number of anilines is 1. The number of thiazole rings is 1. The Morgan fingerprint density at radius 3 is 2.69 bits per heavy atom. The van der Waals surface area contributed by atoms with Gasteiger partial charge in [-0.3, -0.25) is 0 Å². The van der Waals surface area contributed by atoms with Crippen molar-refractivity contribution in [1.82, 2.24) is 29.7 Å². The van der Waals surface area contributed by atoms with Crippen LogP contribution in [-0.2, 0) is 13.6 Å². The van der Waals surface area contributed by atoms with Crippen molar-refractivity contribution in [3.8, 4) is 22.1 Å². The molecule has 0 aliphatic carbocycles. The number of nitrogens with one attached hydrogen (secondary N) is 1. The molecule has 26 heavy (non-hydrogen) atoms. The molecule has 0 spiro atoms. The Morgan fingerprint density at radius 2 is 1.92 bits per heavy atom. The second-order valence-electron chi connectivity index (χ2n) is 5.78. The van der Waals surface area contributed by atoms with E-state index in [2.05, 4.69) is 42.5 Å². The van der Waals surface area contributed by atoms with Crippen molar-refractivity contribution in [3.63, 3.8) is 0 Å². The summed E-state index contributed by atoms with van der Waals surface area (Å²) in [6.45, 7) is 2.58. The van der Waals surface area contributed by atoms with Crippen LogP contribution in [0.1, 0.15) is 10.4 Å². The van der Waals surface area contributed by atoms with Gasteiger partial charge in [-0.2, -0.15) is 5.10 Å². The minimum Gasteiger partial charge on any atom is -0.349 e. The summed E-state index contributed by atoms with van der Waals surface area (Å²) >= 11 is 1.66. The van der Waals surface area contributed by atoms with Gasteiger partial charge in [0.25, 0.3) is 0 Å². The summed E-state index contributed by atoms with van der Waals surface area (Å²) in [7, 11) is 1.85. The maximum Gasteiger partial charge on any atom is 0.223 e. The molecule has 1 N–H and O–H groups in total. The lowest BCUT2D eigenvalue weighted by molar-refractivity contribution is 0.770. The molecule has 3 heterocycles. The van der Waals surface area contributed by atoms with Crippen LogP contribution >= 0.6 is 11.3 Å². The van der Waals surface area contributed by atoms with Crippen LogP contribution in [0, 0.1) is 6.92 Å². The highest BCUT2D eigenvalue weighted by Gasteiger charge is 2.12. The predicted octanol–water partition coefficient (Wildman–Crippen LogP) is 3.32. The Labute approximate surface area is 154 Å². The van der Waals surface area contributed by atoms with Gasteiger partial charge in [0.2, 0.25) is 5.95 Å². The van der Waals surface area contributed by atoms with Crippen LogP contribution in [0.5, 0.6) is 0 Å². The molecule has 1 aromatic carbocycles. The first kappa shape index (κ1) is 16.3. The van der Waals surface area contributed by atoms with Crippen molar-refractivity contribution >= 4 is 17.3 Å².